The van der Waals surface area contributed by atoms with Crippen molar-refractivity contribution < 1.29 is 14.6 Å². The lowest BCUT2D eigenvalue weighted by Crippen LogP contribution is -2.39. The second-order valence-electron chi connectivity index (χ2n) is 11.5. The molecule has 0 spiro atoms. The Kier molecular flexibility index (Phi) is 11.5. The van der Waals surface area contributed by atoms with Gasteiger partial charge in [0.15, 0.2) is 5.82 Å². The number of ether oxygens (including phenoxy) is 2. The van der Waals surface area contributed by atoms with E-state index in [1.54, 1.807) is 32.7 Å². The van der Waals surface area contributed by atoms with Crippen molar-refractivity contribution in [3.05, 3.63) is 76.9 Å². The number of aromatic nitrogens is 4. The van der Waals surface area contributed by atoms with Gasteiger partial charge in [-0.3, -0.25) is 9.78 Å². The van der Waals surface area contributed by atoms with Crippen LogP contribution in [0.1, 0.15) is 50.7 Å². The van der Waals surface area contributed by atoms with Crippen LogP contribution in [0.25, 0.3) is 22.2 Å². The lowest BCUT2D eigenvalue weighted by atomic mass is 9.96. The topological polar surface area (TPSA) is 138 Å². The zero-order chi connectivity index (χ0) is 32.4. The number of unbranched alkanes of at least 4 members (excludes halogenated alkanes) is 1. The van der Waals surface area contributed by atoms with E-state index in [4.69, 9.17) is 24.4 Å². The number of methoxy groups -OCH3 is 2. The molecule has 1 aromatic carbocycles. The zero-order valence-corrected chi connectivity index (χ0v) is 26.9. The molecule has 0 aliphatic heterocycles. The third kappa shape index (κ3) is 8.58. The van der Waals surface area contributed by atoms with E-state index in [0.29, 0.717) is 47.4 Å². The first-order valence-corrected chi connectivity index (χ1v) is 15.3. The highest BCUT2D eigenvalue weighted by atomic mass is 16.5. The van der Waals surface area contributed by atoms with Crippen molar-refractivity contribution in [2.24, 2.45) is 0 Å². The molecule has 11 heteroatoms. The number of nitrogens with zero attached hydrogens (tertiary/aromatic N) is 4. The summed E-state index contributed by atoms with van der Waals surface area (Å²) < 4.78 is 10.9. The van der Waals surface area contributed by atoms with Gasteiger partial charge in [0.1, 0.15) is 17.0 Å². The molecule has 0 saturated heterocycles. The van der Waals surface area contributed by atoms with Gasteiger partial charge in [-0.2, -0.15) is 4.98 Å². The van der Waals surface area contributed by atoms with Gasteiger partial charge < -0.3 is 35.1 Å². The summed E-state index contributed by atoms with van der Waals surface area (Å²) >= 11 is 0. The number of fused-ring (bicyclic) bond motifs is 1. The average Bonchev–Trinajstić information content (AvgIpc) is 3.05. The average molecular weight is 616 g/mol. The predicted molar refractivity (Wildman–Crippen MR) is 180 cm³/mol. The first-order chi connectivity index (χ1) is 21.7. The second kappa shape index (κ2) is 15.5. The number of nitrogens with one attached hydrogen (secondary N) is 3. The number of H-pyrrole nitrogens is 1. The van der Waals surface area contributed by atoms with E-state index in [1.807, 2.05) is 44.3 Å². The Hall–Kier alpha value is -4.48. The molecule has 0 radical (unpaired) electrons. The van der Waals surface area contributed by atoms with E-state index >= 15 is 0 Å². The molecular formula is C34H45N7O4. The summed E-state index contributed by atoms with van der Waals surface area (Å²) in [6.45, 7) is 9.72. The van der Waals surface area contributed by atoms with Crippen LogP contribution < -0.4 is 25.7 Å². The van der Waals surface area contributed by atoms with Crippen molar-refractivity contribution >= 4 is 22.8 Å². The first-order valence-electron chi connectivity index (χ1n) is 15.3. The standard InChI is InChI=1S/C34H45N7O4/c1-7-9-13-34(3,22-42)40-32-31-28(38-33(39-32)37-18-23-11-12-26(44-5)16-29(23)45-6)15-24(19-36-31)27-17-30(43)35-20-25(27)21-41(4)14-10-8-2/h8,11-12,15-17,19-20,42H,2,7,9-10,13-14,18,21-22H2,1,3-6H3,(H,35,43)(H2,37,38,39,40). The van der Waals surface area contributed by atoms with Gasteiger partial charge in [0.2, 0.25) is 11.5 Å². The van der Waals surface area contributed by atoms with Crippen molar-refractivity contribution in [2.45, 2.75) is 58.2 Å². The number of aliphatic hydroxyl groups is 1. The van der Waals surface area contributed by atoms with Crippen LogP contribution in [0.4, 0.5) is 11.8 Å². The molecule has 0 amide bonds. The van der Waals surface area contributed by atoms with Gasteiger partial charge in [-0.25, -0.2) is 4.98 Å². The van der Waals surface area contributed by atoms with Crippen molar-refractivity contribution in [1.29, 1.82) is 0 Å². The summed E-state index contributed by atoms with van der Waals surface area (Å²) in [6.07, 6.45) is 8.96. The Labute approximate surface area is 264 Å². The molecule has 0 aliphatic carbocycles. The van der Waals surface area contributed by atoms with E-state index < -0.39 is 5.54 Å². The number of hydrogen-bond acceptors (Lipinski definition) is 10. The number of aromatic amines is 1. The maximum Gasteiger partial charge on any atom is 0.248 e. The largest absolute Gasteiger partial charge is 0.497 e. The van der Waals surface area contributed by atoms with E-state index in [0.717, 1.165) is 54.5 Å². The number of rotatable bonds is 17. The minimum absolute atomic E-state index is 0.0715. The molecule has 0 fully saturated rings. The van der Waals surface area contributed by atoms with Gasteiger partial charge in [-0.15, -0.1) is 6.58 Å². The summed E-state index contributed by atoms with van der Waals surface area (Å²) in [7, 11) is 5.27. The normalized spacial score (nSPS) is 12.6. The van der Waals surface area contributed by atoms with E-state index in [1.165, 1.54) is 0 Å². The van der Waals surface area contributed by atoms with Crippen molar-refractivity contribution in [3.8, 4) is 22.6 Å². The molecule has 4 aromatic rings. The molecular weight excluding hydrogens is 570 g/mol. The Morgan fingerprint density at radius 3 is 2.69 bits per heavy atom. The summed E-state index contributed by atoms with van der Waals surface area (Å²) in [5, 5.41) is 17.1. The van der Waals surface area contributed by atoms with Gasteiger partial charge in [-0.05, 0) is 56.1 Å². The minimum atomic E-state index is -0.607. The van der Waals surface area contributed by atoms with Crippen molar-refractivity contribution in [3.63, 3.8) is 0 Å². The number of pyridine rings is 2. The monoisotopic (exact) mass is 615 g/mol. The Bertz CT molecular complexity index is 1660. The van der Waals surface area contributed by atoms with Crippen LogP contribution in [0.3, 0.4) is 0 Å². The van der Waals surface area contributed by atoms with E-state index in [9.17, 15) is 9.90 Å². The Morgan fingerprint density at radius 2 is 1.98 bits per heavy atom. The first kappa shape index (κ1) is 33.4. The molecule has 1 unspecified atom stereocenters. The fraction of sp³-hybridized carbons (Fsp3) is 0.412. The van der Waals surface area contributed by atoms with Crippen LogP contribution in [0, 0.1) is 0 Å². The molecule has 0 bridgehead atoms. The summed E-state index contributed by atoms with van der Waals surface area (Å²) in [6, 6.07) is 9.16. The molecule has 0 saturated carbocycles. The lowest BCUT2D eigenvalue weighted by Gasteiger charge is -2.29. The molecule has 240 valence electrons. The highest BCUT2D eigenvalue weighted by Gasteiger charge is 2.25. The second-order valence-corrected chi connectivity index (χ2v) is 11.5. The Morgan fingerprint density at radius 1 is 1.16 bits per heavy atom. The maximum atomic E-state index is 12.4. The van der Waals surface area contributed by atoms with Crippen LogP contribution in [-0.2, 0) is 13.1 Å². The third-order valence-electron chi connectivity index (χ3n) is 7.79. The third-order valence-corrected chi connectivity index (χ3v) is 7.79. The molecule has 3 aromatic heterocycles. The predicted octanol–water partition coefficient (Wildman–Crippen LogP) is 5.37. The fourth-order valence-corrected chi connectivity index (χ4v) is 5.12. The van der Waals surface area contributed by atoms with Crippen molar-refractivity contribution in [2.75, 3.05) is 45.1 Å². The highest BCUT2D eigenvalue weighted by Crippen LogP contribution is 2.31. The van der Waals surface area contributed by atoms with Crippen LogP contribution in [0.2, 0.25) is 0 Å². The maximum absolute atomic E-state index is 12.4. The smallest absolute Gasteiger partial charge is 0.248 e. The zero-order valence-electron chi connectivity index (χ0n) is 26.9. The number of anilines is 2. The molecule has 1 atom stereocenters. The van der Waals surface area contributed by atoms with Crippen LogP contribution in [0.15, 0.2) is 60.2 Å². The quantitative estimate of drug-likeness (QED) is 0.115. The summed E-state index contributed by atoms with van der Waals surface area (Å²) in [5.74, 6) is 2.27. The van der Waals surface area contributed by atoms with Gasteiger partial charge >= 0.3 is 0 Å². The van der Waals surface area contributed by atoms with Crippen LogP contribution in [-0.4, -0.2) is 69.9 Å². The number of hydrogen-bond donors (Lipinski definition) is 4. The lowest BCUT2D eigenvalue weighted by molar-refractivity contribution is 0.212. The van der Waals surface area contributed by atoms with E-state index in [2.05, 4.69) is 34.0 Å². The Balaban J connectivity index is 1.77. The number of aliphatic hydroxyl groups excluding tert-OH is 1. The molecule has 11 nitrogen and oxygen atoms in total. The SMILES string of the molecule is C=CCCN(C)Cc1c[nH]c(=O)cc1-c1cnc2c(NC(C)(CO)CCCC)nc(NCc3ccc(OC)cc3OC)nc2c1. The summed E-state index contributed by atoms with van der Waals surface area (Å²) in [5.41, 5.74) is 3.78. The van der Waals surface area contributed by atoms with E-state index in [-0.39, 0.29) is 12.2 Å². The van der Waals surface area contributed by atoms with Crippen LogP contribution in [0.5, 0.6) is 11.5 Å². The number of benzene rings is 1. The molecule has 45 heavy (non-hydrogen) atoms. The van der Waals surface area contributed by atoms with Gasteiger partial charge in [0, 0.05) is 55.3 Å². The fourth-order valence-electron chi connectivity index (χ4n) is 5.12. The minimum Gasteiger partial charge on any atom is -0.497 e. The van der Waals surface area contributed by atoms with Gasteiger partial charge in [0.25, 0.3) is 0 Å². The van der Waals surface area contributed by atoms with Gasteiger partial charge in [-0.1, -0.05) is 25.8 Å². The molecule has 3 heterocycles. The summed E-state index contributed by atoms with van der Waals surface area (Å²) in [4.78, 5) is 31.9. The molecule has 4 N–H and O–H groups in total. The highest BCUT2D eigenvalue weighted by molar-refractivity contribution is 5.89. The molecule has 4 rings (SSSR count). The molecule has 0 aliphatic rings. The van der Waals surface area contributed by atoms with Gasteiger partial charge in [0.05, 0.1) is 31.9 Å². The van der Waals surface area contributed by atoms with Crippen LogP contribution >= 0.6 is 0 Å². The van der Waals surface area contributed by atoms with Crippen molar-refractivity contribution in [1.82, 2.24) is 24.8 Å².